The molecule has 1 aromatic carbocycles. The lowest BCUT2D eigenvalue weighted by Gasteiger charge is -2.32. The smallest absolute Gasteiger partial charge is 0.223 e. The zero-order chi connectivity index (χ0) is 19.2. The average molecular weight is 392 g/mol. The minimum Gasteiger partial charge on any atom is -0.345 e. The van der Waals surface area contributed by atoms with Gasteiger partial charge in [0.1, 0.15) is 0 Å². The van der Waals surface area contributed by atoms with Crippen molar-refractivity contribution in [1.29, 1.82) is 0 Å². The largest absolute Gasteiger partial charge is 0.345 e. The highest BCUT2D eigenvalue weighted by Gasteiger charge is 2.27. The second-order valence-electron chi connectivity index (χ2n) is 7.32. The number of likely N-dealkylation sites (tertiary alicyclic amines) is 1. The molecular weight excluding hydrogens is 366 g/mol. The fourth-order valence-electron chi connectivity index (χ4n) is 3.81. The predicted molar refractivity (Wildman–Crippen MR) is 113 cm³/mol. The number of carbonyl (C=O) groups excluding carboxylic acids is 1. The van der Waals surface area contributed by atoms with Crippen LogP contribution in [0, 0.1) is 5.92 Å². The molecule has 1 saturated heterocycles. The molecule has 4 rings (SSSR count). The van der Waals surface area contributed by atoms with Crippen molar-refractivity contribution in [3.05, 3.63) is 88.4 Å². The summed E-state index contributed by atoms with van der Waals surface area (Å²) < 4.78 is 0. The summed E-state index contributed by atoms with van der Waals surface area (Å²) in [5.74, 6) is 0.246. The van der Waals surface area contributed by atoms with Crippen molar-refractivity contribution in [2.24, 2.45) is 5.92 Å². The Morgan fingerprint density at radius 3 is 2.61 bits per heavy atom. The number of aromatic nitrogens is 1. The summed E-state index contributed by atoms with van der Waals surface area (Å²) in [4.78, 5) is 19.6. The fraction of sp³-hybridized carbons (Fsp3) is 0.304. The maximum atomic E-state index is 13.0. The molecule has 1 amide bonds. The highest BCUT2D eigenvalue weighted by molar-refractivity contribution is 7.08. The number of carbonyl (C=O) groups is 1. The number of hydrogen-bond donors (Lipinski definition) is 1. The molecule has 144 valence electrons. The molecule has 1 unspecified atom stereocenters. The summed E-state index contributed by atoms with van der Waals surface area (Å²) in [6.07, 6.45) is 5.52. The van der Waals surface area contributed by atoms with Crippen LogP contribution < -0.4 is 5.32 Å². The first-order valence-electron chi connectivity index (χ1n) is 9.78. The molecule has 5 heteroatoms. The standard InChI is InChI=1S/C23H25N3OS/c27-23(20-8-12-26(13-9-20)16-18-5-4-11-24-15-18)25-22(21-10-14-28-17-21)19-6-2-1-3-7-19/h1-7,10-11,14-15,17,20,22H,8-9,12-13,16H2,(H,25,27). The summed E-state index contributed by atoms with van der Waals surface area (Å²) in [6.45, 7) is 2.80. The van der Waals surface area contributed by atoms with Crippen LogP contribution >= 0.6 is 11.3 Å². The number of rotatable bonds is 6. The minimum atomic E-state index is -0.0756. The topological polar surface area (TPSA) is 45.2 Å². The Bertz CT molecular complexity index is 859. The van der Waals surface area contributed by atoms with Gasteiger partial charge in [-0.25, -0.2) is 0 Å². The van der Waals surface area contributed by atoms with Gasteiger partial charge in [-0.15, -0.1) is 0 Å². The lowest BCUT2D eigenvalue weighted by Crippen LogP contribution is -2.41. The number of thiophene rings is 1. The molecule has 0 bridgehead atoms. The second-order valence-corrected chi connectivity index (χ2v) is 8.10. The van der Waals surface area contributed by atoms with E-state index < -0.39 is 0 Å². The zero-order valence-electron chi connectivity index (χ0n) is 15.8. The van der Waals surface area contributed by atoms with Gasteiger partial charge in [-0.05, 0) is 65.5 Å². The molecule has 1 fully saturated rings. The number of nitrogens with zero attached hydrogens (tertiary/aromatic N) is 2. The van der Waals surface area contributed by atoms with Crippen LogP contribution in [0.25, 0.3) is 0 Å². The van der Waals surface area contributed by atoms with Gasteiger partial charge < -0.3 is 5.32 Å². The quantitative estimate of drug-likeness (QED) is 0.683. The predicted octanol–water partition coefficient (Wildman–Crippen LogP) is 4.26. The molecule has 4 nitrogen and oxygen atoms in total. The molecule has 3 heterocycles. The highest BCUT2D eigenvalue weighted by Crippen LogP contribution is 2.26. The van der Waals surface area contributed by atoms with Crippen LogP contribution in [-0.2, 0) is 11.3 Å². The number of pyridine rings is 1. The van der Waals surface area contributed by atoms with E-state index in [1.54, 1.807) is 17.5 Å². The molecule has 1 atom stereocenters. The fourth-order valence-corrected chi connectivity index (χ4v) is 4.49. The van der Waals surface area contributed by atoms with E-state index in [4.69, 9.17) is 0 Å². The Morgan fingerprint density at radius 1 is 1.11 bits per heavy atom. The molecule has 1 aliphatic heterocycles. The number of amides is 1. The first kappa shape index (κ1) is 18.8. The molecule has 0 aliphatic carbocycles. The van der Waals surface area contributed by atoms with Gasteiger partial charge in [-0.2, -0.15) is 11.3 Å². The summed E-state index contributed by atoms with van der Waals surface area (Å²) in [5.41, 5.74) is 3.51. The van der Waals surface area contributed by atoms with E-state index in [1.807, 2.05) is 30.5 Å². The summed E-state index contributed by atoms with van der Waals surface area (Å²) in [5, 5.41) is 7.49. The van der Waals surface area contributed by atoms with E-state index in [2.05, 4.69) is 50.2 Å². The average Bonchev–Trinajstić information content (AvgIpc) is 3.28. The molecule has 1 aliphatic rings. The third kappa shape index (κ3) is 4.66. The van der Waals surface area contributed by atoms with Gasteiger partial charge in [0.2, 0.25) is 5.91 Å². The van der Waals surface area contributed by atoms with Crippen molar-refractivity contribution in [2.75, 3.05) is 13.1 Å². The van der Waals surface area contributed by atoms with Crippen molar-refractivity contribution in [3.63, 3.8) is 0 Å². The van der Waals surface area contributed by atoms with Crippen LogP contribution in [0.2, 0.25) is 0 Å². The van der Waals surface area contributed by atoms with Gasteiger partial charge in [0.05, 0.1) is 6.04 Å². The molecule has 0 spiro atoms. The van der Waals surface area contributed by atoms with E-state index in [1.165, 1.54) is 5.56 Å². The number of hydrogen-bond acceptors (Lipinski definition) is 4. The minimum absolute atomic E-state index is 0.0756. The van der Waals surface area contributed by atoms with Crippen molar-refractivity contribution < 1.29 is 4.79 Å². The molecule has 3 aromatic rings. The zero-order valence-corrected chi connectivity index (χ0v) is 16.6. The maximum Gasteiger partial charge on any atom is 0.223 e. The summed E-state index contributed by atoms with van der Waals surface area (Å²) in [6, 6.07) is 16.3. The number of benzene rings is 1. The van der Waals surface area contributed by atoms with Gasteiger partial charge in [0, 0.05) is 24.9 Å². The number of nitrogens with one attached hydrogen (secondary N) is 1. The molecular formula is C23H25N3OS. The Morgan fingerprint density at radius 2 is 1.93 bits per heavy atom. The normalized spacial score (nSPS) is 16.6. The monoisotopic (exact) mass is 391 g/mol. The lowest BCUT2D eigenvalue weighted by atomic mass is 9.94. The van der Waals surface area contributed by atoms with E-state index in [9.17, 15) is 4.79 Å². The van der Waals surface area contributed by atoms with E-state index in [-0.39, 0.29) is 17.9 Å². The Kier molecular flexibility index (Phi) is 6.14. The SMILES string of the molecule is O=C(NC(c1ccccc1)c1ccsc1)C1CCN(Cc2cccnc2)CC1. The molecule has 28 heavy (non-hydrogen) atoms. The van der Waals surface area contributed by atoms with Crippen molar-refractivity contribution in [3.8, 4) is 0 Å². The van der Waals surface area contributed by atoms with Crippen molar-refractivity contribution in [1.82, 2.24) is 15.2 Å². The molecule has 1 N–H and O–H groups in total. The van der Waals surface area contributed by atoms with E-state index in [0.29, 0.717) is 0 Å². The summed E-state index contributed by atoms with van der Waals surface area (Å²) >= 11 is 1.66. The lowest BCUT2D eigenvalue weighted by molar-refractivity contribution is -0.127. The maximum absolute atomic E-state index is 13.0. The van der Waals surface area contributed by atoms with Gasteiger partial charge in [0.15, 0.2) is 0 Å². The van der Waals surface area contributed by atoms with E-state index in [0.717, 1.165) is 43.6 Å². The Balaban J connectivity index is 1.36. The number of piperidine rings is 1. The van der Waals surface area contributed by atoms with E-state index >= 15 is 0 Å². The van der Waals surface area contributed by atoms with Gasteiger partial charge >= 0.3 is 0 Å². The van der Waals surface area contributed by atoms with Crippen molar-refractivity contribution >= 4 is 17.2 Å². The Labute approximate surface area is 170 Å². The molecule has 2 aromatic heterocycles. The van der Waals surface area contributed by atoms with Gasteiger partial charge in [-0.3, -0.25) is 14.7 Å². The van der Waals surface area contributed by atoms with Gasteiger partial charge in [0.25, 0.3) is 0 Å². The first-order valence-corrected chi connectivity index (χ1v) is 10.7. The molecule has 0 saturated carbocycles. The van der Waals surface area contributed by atoms with Crippen LogP contribution in [0.4, 0.5) is 0 Å². The van der Waals surface area contributed by atoms with Crippen LogP contribution in [-0.4, -0.2) is 28.9 Å². The van der Waals surface area contributed by atoms with Crippen LogP contribution in [0.3, 0.4) is 0 Å². The van der Waals surface area contributed by atoms with Crippen LogP contribution in [0.15, 0.2) is 71.7 Å². The molecule has 0 radical (unpaired) electrons. The summed E-state index contributed by atoms with van der Waals surface area (Å²) in [7, 11) is 0. The van der Waals surface area contributed by atoms with Gasteiger partial charge in [-0.1, -0.05) is 36.4 Å². The Hall–Kier alpha value is -2.50. The third-order valence-electron chi connectivity index (χ3n) is 5.38. The van der Waals surface area contributed by atoms with Crippen LogP contribution in [0.1, 0.15) is 35.6 Å². The first-order chi connectivity index (χ1) is 13.8. The van der Waals surface area contributed by atoms with Crippen molar-refractivity contribution in [2.45, 2.75) is 25.4 Å². The highest BCUT2D eigenvalue weighted by atomic mass is 32.1. The third-order valence-corrected chi connectivity index (χ3v) is 6.08. The second kappa shape index (κ2) is 9.13. The van der Waals surface area contributed by atoms with Crippen LogP contribution in [0.5, 0.6) is 0 Å².